The number of halogens is 1. The number of hydrogen-bond acceptors (Lipinski definition) is 4. The van der Waals surface area contributed by atoms with Crippen molar-refractivity contribution in [2.45, 2.75) is 18.9 Å². The van der Waals surface area contributed by atoms with E-state index in [1.807, 2.05) is 0 Å². The lowest BCUT2D eigenvalue weighted by molar-refractivity contribution is 0.0473. The van der Waals surface area contributed by atoms with Crippen LogP contribution in [0.3, 0.4) is 0 Å². The zero-order valence-corrected chi connectivity index (χ0v) is 11.4. The number of benzene rings is 1. The smallest absolute Gasteiger partial charge is 0.147 e. The number of hydrogen-bond donors (Lipinski definition) is 1. The van der Waals surface area contributed by atoms with E-state index >= 15 is 0 Å². The quantitative estimate of drug-likeness (QED) is 0.884. The molecule has 1 atom stereocenters. The van der Waals surface area contributed by atoms with E-state index in [-0.39, 0.29) is 23.5 Å². The molecule has 1 aromatic rings. The van der Waals surface area contributed by atoms with Crippen molar-refractivity contribution in [3.05, 3.63) is 29.6 Å². The molecule has 0 aliphatic carbocycles. The molecule has 0 radical (unpaired) electrons. The minimum absolute atomic E-state index is 0.0175. The van der Waals surface area contributed by atoms with Gasteiger partial charge >= 0.3 is 0 Å². The molecule has 0 spiro atoms. The molecule has 0 aromatic heterocycles. The van der Waals surface area contributed by atoms with E-state index < -0.39 is 21.3 Å². The SMILES string of the molecule is COc1cccc(F)c1C(C)(O)CCS(C)(=O)=O. The Bertz CT molecular complexity index is 523. The molecule has 0 saturated heterocycles. The van der Waals surface area contributed by atoms with Crippen LogP contribution in [0.25, 0.3) is 0 Å². The van der Waals surface area contributed by atoms with E-state index in [0.717, 1.165) is 6.26 Å². The van der Waals surface area contributed by atoms with Crippen molar-refractivity contribution in [1.82, 2.24) is 0 Å². The molecule has 0 saturated carbocycles. The maximum atomic E-state index is 13.8. The fraction of sp³-hybridized carbons (Fsp3) is 0.500. The standard InChI is InChI=1S/C12H17FO4S/c1-12(14,7-8-18(3,15)16)11-9(13)5-4-6-10(11)17-2/h4-6,14H,7-8H2,1-3H3. The first-order chi connectivity index (χ1) is 8.17. The maximum Gasteiger partial charge on any atom is 0.147 e. The highest BCUT2D eigenvalue weighted by atomic mass is 32.2. The van der Waals surface area contributed by atoms with Gasteiger partial charge in [0.05, 0.1) is 24.0 Å². The van der Waals surface area contributed by atoms with Crippen molar-refractivity contribution in [2.24, 2.45) is 0 Å². The lowest BCUT2D eigenvalue weighted by Gasteiger charge is -2.25. The molecule has 1 rings (SSSR count). The molecular weight excluding hydrogens is 259 g/mol. The maximum absolute atomic E-state index is 13.8. The fourth-order valence-corrected chi connectivity index (χ4v) is 2.47. The zero-order chi connectivity index (χ0) is 14.0. The summed E-state index contributed by atoms with van der Waals surface area (Å²) in [6.45, 7) is 1.37. The monoisotopic (exact) mass is 276 g/mol. The Morgan fingerprint density at radius 3 is 2.56 bits per heavy atom. The van der Waals surface area contributed by atoms with Gasteiger partial charge in [-0.1, -0.05) is 6.07 Å². The van der Waals surface area contributed by atoms with Crippen LogP contribution >= 0.6 is 0 Å². The average Bonchev–Trinajstić information content (AvgIpc) is 2.25. The normalized spacial score (nSPS) is 15.2. The van der Waals surface area contributed by atoms with Crippen LogP contribution in [0, 0.1) is 5.82 Å². The first kappa shape index (κ1) is 14.9. The molecule has 18 heavy (non-hydrogen) atoms. The van der Waals surface area contributed by atoms with Crippen molar-refractivity contribution in [1.29, 1.82) is 0 Å². The van der Waals surface area contributed by atoms with Gasteiger partial charge in [-0.15, -0.1) is 0 Å². The van der Waals surface area contributed by atoms with Crippen LogP contribution in [0.15, 0.2) is 18.2 Å². The van der Waals surface area contributed by atoms with E-state index in [1.165, 1.54) is 32.2 Å². The van der Waals surface area contributed by atoms with Crippen LogP contribution < -0.4 is 4.74 Å². The summed E-state index contributed by atoms with van der Waals surface area (Å²) in [5.74, 6) is -0.640. The Balaban J connectivity index is 3.11. The van der Waals surface area contributed by atoms with Gasteiger partial charge in [0.15, 0.2) is 0 Å². The van der Waals surface area contributed by atoms with Crippen molar-refractivity contribution >= 4 is 9.84 Å². The molecular formula is C12H17FO4S. The first-order valence-electron chi connectivity index (χ1n) is 5.40. The molecule has 0 heterocycles. The summed E-state index contributed by atoms with van der Waals surface area (Å²) in [6, 6.07) is 4.18. The molecule has 4 nitrogen and oxygen atoms in total. The molecule has 0 aliphatic rings. The minimum Gasteiger partial charge on any atom is -0.496 e. The highest BCUT2D eigenvalue weighted by Gasteiger charge is 2.31. The van der Waals surface area contributed by atoms with Crippen LogP contribution in [0.5, 0.6) is 5.75 Å². The molecule has 6 heteroatoms. The predicted octanol–water partition coefficient (Wildman–Crippen LogP) is 1.48. The Morgan fingerprint density at radius 1 is 1.44 bits per heavy atom. The van der Waals surface area contributed by atoms with Gasteiger partial charge in [0, 0.05) is 6.26 Å². The van der Waals surface area contributed by atoms with E-state index in [4.69, 9.17) is 4.74 Å². The average molecular weight is 276 g/mol. The van der Waals surface area contributed by atoms with Crippen LogP contribution in [0.2, 0.25) is 0 Å². The zero-order valence-electron chi connectivity index (χ0n) is 10.6. The van der Waals surface area contributed by atoms with Crippen molar-refractivity contribution < 1.29 is 22.7 Å². The summed E-state index contributed by atoms with van der Waals surface area (Å²) in [6.07, 6.45) is 0.977. The third-order valence-corrected chi connectivity index (χ3v) is 3.64. The largest absolute Gasteiger partial charge is 0.496 e. The molecule has 0 aliphatic heterocycles. The van der Waals surface area contributed by atoms with Crippen LogP contribution in [0.4, 0.5) is 4.39 Å². The lowest BCUT2D eigenvalue weighted by atomic mass is 9.92. The van der Waals surface area contributed by atoms with Gasteiger partial charge in [-0.05, 0) is 25.5 Å². The van der Waals surface area contributed by atoms with Crippen molar-refractivity contribution in [3.8, 4) is 5.75 Å². The van der Waals surface area contributed by atoms with E-state index in [1.54, 1.807) is 0 Å². The Labute approximate surface area is 106 Å². The van der Waals surface area contributed by atoms with Gasteiger partial charge in [0.1, 0.15) is 21.4 Å². The van der Waals surface area contributed by atoms with Crippen molar-refractivity contribution in [2.75, 3.05) is 19.1 Å². The molecule has 1 aromatic carbocycles. The number of ether oxygens (including phenoxy) is 1. The molecule has 0 fully saturated rings. The second-order valence-corrected chi connectivity index (χ2v) is 6.73. The molecule has 0 amide bonds. The summed E-state index contributed by atoms with van der Waals surface area (Å²) in [4.78, 5) is 0. The molecule has 1 N–H and O–H groups in total. The predicted molar refractivity (Wildman–Crippen MR) is 66.9 cm³/mol. The summed E-state index contributed by atoms with van der Waals surface area (Å²) < 4.78 is 41.0. The van der Waals surface area contributed by atoms with Gasteiger partial charge in [0.2, 0.25) is 0 Å². The highest BCUT2D eigenvalue weighted by Crippen LogP contribution is 2.34. The highest BCUT2D eigenvalue weighted by molar-refractivity contribution is 7.90. The molecule has 0 bridgehead atoms. The lowest BCUT2D eigenvalue weighted by Crippen LogP contribution is -2.26. The van der Waals surface area contributed by atoms with Gasteiger partial charge in [-0.25, -0.2) is 12.8 Å². The number of sulfone groups is 1. The number of rotatable bonds is 5. The van der Waals surface area contributed by atoms with Gasteiger partial charge in [-0.2, -0.15) is 0 Å². The second kappa shape index (κ2) is 5.24. The molecule has 1 unspecified atom stereocenters. The van der Waals surface area contributed by atoms with E-state index in [9.17, 15) is 17.9 Å². The fourth-order valence-electron chi connectivity index (χ4n) is 1.71. The summed E-state index contributed by atoms with van der Waals surface area (Å²) in [5.41, 5.74) is -1.61. The van der Waals surface area contributed by atoms with Crippen LogP contribution in [-0.2, 0) is 15.4 Å². The Kier molecular flexibility index (Phi) is 4.34. The topological polar surface area (TPSA) is 63.6 Å². The number of aliphatic hydroxyl groups is 1. The summed E-state index contributed by atoms with van der Waals surface area (Å²) >= 11 is 0. The Morgan fingerprint density at radius 2 is 2.06 bits per heavy atom. The van der Waals surface area contributed by atoms with Gasteiger partial charge in [0.25, 0.3) is 0 Å². The van der Waals surface area contributed by atoms with Gasteiger partial charge in [-0.3, -0.25) is 0 Å². The molecule has 102 valence electrons. The van der Waals surface area contributed by atoms with Crippen molar-refractivity contribution in [3.63, 3.8) is 0 Å². The van der Waals surface area contributed by atoms with Crippen LogP contribution in [-0.4, -0.2) is 32.6 Å². The van der Waals surface area contributed by atoms with E-state index in [0.29, 0.717) is 0 Å². The Hall–Kier alpha value is -1.14. The minimum atomic E-state index is -3.22. The number of methoxy groups -OCH3 is 1. The van der Waals surface area contributed by atoms with Crippen LogP contribution in [0.1, 0.15) is 18.9 Å². The first-order valence-corrected chi connectivity index (χ1v) is 7.46. The summed E-state index contributed by atoms with van der Waals surface area (Å²) in [5, 5.41) is 10.3. The van der Waals surface area contributed by atoms with E-state index in [2.05, 4.69) is 0 Å². The third-order valence-electron chi connectivity index (χ3n) is 2.69. The second-order valence-electron chi connectivity index (χ2n) is 4.47. The van der Waals surface area contributed by atoms with Gasteiger partial charge < -0.3 is 9.84 Å². The summed E-state index contributed by atoms with van der Waals surface area (Å²) in [7, 11) is -1.86. The third kappa shape index (κ3) is 3.68.